The van der Waals surface area contributed by atoms with Crippen LogP contribution in [0.25, 0.3) is 6.08 Å². The number of carbonyl (C=O) groups excluding carboxylic acids is 1. The lowest BCUT2D eigenvalue weighted by molar-refractivity contribution is -0.116. The Kier molecular flexibility index (Phi) is 5.72. The van der Waals surface area contributed by atoms with Crippen LogP contribution < -0.4 is 10.1 Å². The topological polar surface area (TPSA) is 38.3 Å². The first-order chi connectivity index (χ1) is 10.7. The molecule has 0 saturated heterocycles. The zero-order chi connectivity index (χ0) is 15.8. The van der Waals surface area contributed by atoms with Crippen LogP contribution in [0.4, 0.5) is 4.39 Å². The maximum Gasteiger partial charge on any atom is 0.244 e. The minimum absolute atomic E-state index is 0.212. The van der Waals surface area contributed by atoms with Gasteiger partial charge in [0.15, 0.2) is 0 Å². The van der Waals surface area contributed by atoms with Gasteiger partial charge in [0.05, 0.1) is 6.61 Å². The fourth-order valence-corrected chi connectivity index (χ4v) is 1.92. The summed E-state index contributed by atoms with van der Waals surface area (Å²) in [7, 11) is 0. The van der Waals surface area contributed by atoms with E-state index in [1.54, 1.807) is 18.2 Å². The number of carbonyl (C=O) groups is 1. The lowest BCUT2D eigenvalue weighted by atomic mass is 10.2. The van der Waals surface area contributed by atoms with Gasteiger partial charge in [0.2, 0.25) is 5.91 Å². The molecular weight excluding hydrogens is 281 g/mol. The molecule has 0 spiro atoms. The van der Waals surface area contributed by atoms with E-state index < -0.39 is 0 Å². The van der Waals surface area contributed by atoms with Crippen LogP contribution in [0, 0.1) is 5.82 Å². The average molecular weight is 299 g/mol. The van der Waals surface area contributed by atoms with Crippen molar-refractivity contribution in [3.05, 3.63) is 71.6 Å². The van der Waals surface area contributed by atoms with Gasteiger partial charge in [-0.1, -0.05) is 30.3 Å². The predicted molar refractivity (Wildman–Crippen MR) is 84.9 cm³/mol. The highest BCUT2D eigenvalue weighted by atomic mass is 19.1. The second-order valence-corrected chi connectivity index (χ2v) is 4.65. The Hall–Kier alpha value is -2.62. The number of halogens is 1. The predicted octanol–water partition coefficient (Wildman–Crippen LogP) is 3.55. The van der Waals surface area contributed by atoms with Crippen molar-refractivity contribution in [2.24, 2.45) is 0 Å². The maximum absolute atomic E-state index is 12.8. The summed E-state index contributed by atoms with van der Waals surface area (Å²) in [5.74, 6) is 0.241. The van der Waals surface area contributed by atoms with Crippen LogP contribution in [0.1, 0.15) is 18.1 Å². The van der Waals surface area contributed by atoms with Crippen LogP contribution in [0.2, 0.25) is 0 Å². The maximum atomic E-state index is 12.8. The van der Waals surface area contributed by atoms with Gasteiger partial charge in [0, 0.05) is 18.2 Å². The summed E-state index contributed by atoms with van der Waals surface area (Å²) in [4.78, 5) is 11.8. The standard InChI is InChI=1S/C18H18FNO2/c1-2-22-17-6-4-3-5-15(17)9-12-18(21)20-13-14-7-10-16(19)11-8-14/h3-12H,2,13H2,1H3,(H,20,21)/b12-9+. The van der Waals surface area contributed by atoms with Crippen LogP contribution in [0.15, 0.2) is 54.6 Å². The van der Waals surface area contributed by atoms with Crippen molar-refractivity contribution in [2.45, 2.75) is 13.5 Å². The molecule has 0 aliphatic rings. The van der Waals surface area contributed by atoms with Crippen molar-refractivity contribution in [1.82, 2.24) is 5.32 Å². The van der Waals surface area contributed by atoms with Gasteiger partial charge in [-0.2, -0.15) is 0 Å². The molecule has 2 aromatic rings. The minimum Gasteiger partial charge on any atom is -0.493 e. The van der Waals surface area contributed by atoms with E-state index in [9.17, 15) is 9.18 Å². The fraction of sp³-hybridized carbons (Fsp3) is 0.167. The molecule has 0 fully saturated rings. The highest BCUT2D eigenvalue weighted by molar-refractivity contribution is 5.92. The second-order valence-electron chi connectivity index (χ2n) is 4.65. The Morgan fingerprint density at radius 1 is 1.18 bits per heavy atom. The Bertz CT molecular complexity index is 650. The first kappa shape index (κ1) is 15.8. The summed E-state index contributed by atoms with van der Waals surface area (Å²) in [6, 6.07) is 13.5. The van der Waals surface area contributed by atoms with E-state index in [2.05, 4.69) is 5.32 Å². The number of benzene rings is 2. The molecule has 22 heavy (non-hydrogen) atoms. The molecule has 0 aliphatic carbocycles. The van der Waals surface area contributed by atoms with E-state index >= 15 is 0 Å². The molecule has 0 unspecified atom stereocenters. The second kappa shape index (κ2) is 7.98. The summed E-state index contributed by atoms with van der Waals surface area (Å²) >= 11 is 0. The Labute approximate surface area is 129 Å². The summed E-state index contributed by atoms with van der Waals surface area (Å²) in [6.45, 7) is 2.84. The van der Waals surface area contributed by atoms with Gasteiger partial charge < -0.3 is 10.1 Å². The van der Waals surface area contributed by atoms with E-state index in [4.69, 9.17) is 4.74 Å². The molecule has 0 aliphatic heterocycles. The van der Waals surface area contributed by atoms with Crippen LogP contribution >= 0.6 is 0 Å². The average Bonchev–Trinajstić information content (AvgIpc) is 2.54. The number of ether oxygens (including phenoxy) is 1. The Balaban J connectivity index is 1.92. The van der Waals surface area contributed by atoms with Crippen molar-refractivity contribution in [3.63, 3.8) is 0 Å². The van der Waals surface area contributed by atoms with Crippen molar-refractivity contribution in [2.75, 3.05) is 6.61 Å². The number of hydrogen-bond donors (Lipinski definition) is 1. The van der Waals surface area contributed by atoms with Crippen molar-refractivity contribution >= 4 is 12.0 Å². The third kappa shape index (κ3) is 4.74. The monoisotopic (exact) mass is 299 g/mol. The zero-order valence-electron chi connectivity index (χ0n) is 12.4. The molecule has 0 heterocycles. The molecule has 2 aromatic carbocycles. The third-order valence-corrected chi connectivity index (χ3v) is 3.01. The van der Waals surface area contributed by atoms with Crippen molar-refractivity contribution < 1.29 is 13.9 Å². The first-order valence-corrected chi connectivity index (χ1v) is 7.11. The fourth-order valence-electron chi connectivity index (χ4n) is 1.92. The molecule has 1 amide bonds. The van der Waals surface area contributed by atoms with Crippen LogP contribution in [-0.2, 0) is 11.3 Å². The van der Waals surface area contributed by atoms with Gasteiger partial charge in [-0.25, -0.2) is 4.39 Å². The summed E-state index contributed by atoms with van der Waals surface area (Å²) in [5, 5.41) is 2.75. The first-order valence-electron chi connectivity index (χ1n) is 7.11. The van der Waals surface area contributed by atoms with Crippen LogP contribution in [-0.4, -0.2) is 12.5 Å². The van der Waals surface area contributed by atoms with Gasteiger partial charge in [0.25, 0.3) is 0 Å². The van der Waals surface area contributed by atoms with Gasteiger partial charge >= 0.3 is 0 Å². The number of nitrogens with one attached hydrogen (secondary N) is 1. The summed E-state index contributed by atoms with van der Waals surface area (Å²) < 4.78 is 18.3. The van der Waals surface area contributed by atoms with E-state index in [0.717, 1.165) is 16.9 Å². The summed E-state index contributed by atoms with van der Waals surface area (Å²) in [6.07, 6.45) is 3.17. The molecule has 0 radical (unpaired) electrons. The molecule has 1 N–H and O–H groups in total. The van der Waals surface area contributed by atoms with Crippen molar-refractivity contribution in [1.29, 1.82) is 0 Å². The number of amides is 1. The van der Waals surface area contributed by atoms with E-state index in [1.807, 2.05) is 31.2 Å². The molecule has 3 nitrogen and oxygen atoms in total. The zero-order valence-corrected chi connectivity index (χ0v) is 12.4. The largest absolute Gasteiger partial charge is 0.493 e. The lowest BCUT2D eigenvalue weighted by Crippen LogP contribution is -2.20. The molecule has 2 rings (SSSR count). The Morgan fingerprint density at radius 2 is 1.91 bits per heavy atom. The Morgan fingerprint density at radius 3 is 2.64 bits per heavy atom. The van der Waals surface area contributed by atoms with E-state index in [1.165, 1.54) is 18.2 Å². The van der Waals surface area contributed by atoms with Gasteiger partial charge in [-0.05, 0) is 36.8 Å². The molecule has 0 saturated carbocycles. The van der Waals surface area contributed by atoms with E-state index in [0.29, 0.717) is 13.2 Å². The number of hydrogen-bond acceptors (Lipinski definition) is 2. The third-order valence-electron chi connectivity index (χ3n) is 3.01. The normalized spacial score (nSPS) is 10.6. The quantitative estimate of drug-likeness (QED) is 0.828. The van der Waals surface area contributed by atoms with Gasteiger partial charge in [0.1, 0.15) is 11.6 Å². The van der Waals surface area contributed by atoms with Crippen molar-refractivity contribution in [3.8, 4) is 5.75 Å². The van der Waals surface area contributed by atoms with E-state index in [-0.39, 0.29) is 11.7 Å². The number of para-hydroxylation sites is 1. The SMILES string of the molecule is CCOc1ccccc1/C=C/C(=O)NCc1ccc(F)cc1. The van der Waals surface area contributed by atoms with Crippen LogP contribution in [0.5, 0.6) is 5.75 Å². The molecular formula is C18H18FNO2. The smallest absolute Gasteiger partial charge is 0.244 e. The molecule has 4 heteroatoms. The molecule has 114 valence electrons. The summed E-state index contributed by atoms with van der Waals surface area (Å²) in [5.41, 5.74) is 1.69. The molecule has 0 bridgehead atoms. The lowest BCUT2D eigenvalue weighted by Gasteiger charge is -2.06. The molecule has 0 aromatic heterocycles. The van der Waals surface area contributed by atoms with Gasteiger partial charge in [-0.15, -0.1) is 0 Å². The molecule has 0 atom stereocenters. The van der Waals surface area contributed by atoms with Gasteiger partial charge in [-0.3, -0.25) is 4.79 Å². The highest BCUT2D eigenvalue weighted by Crippen LogP contribution is 2.19. The minimum atomic E-state index is -0.289. The van der Waals surface area contributed by atoms with Crippen LogP contribution in [0.3, 0.4) is 0 Å². The number of rotatable bonds is 6. The highest BCUT2D eigenvalue weighted by Gasteiger charge is 2.01.